The molecule has 0 unspecified atom stereocenters. The monoisotopic (exact) mass is 340 g/mol. The molecule has 0 bridgehead atoms. The van der Waals surface area contributed by atoms with Gasteiger partial charge in [0.2, 0.25) is 0 Å². The van der Waals surface area contributed by atoms with Crippen molar-refractivity contribution in [3.05, 3.63) is 41.4 Å². The van der Waals surface area contributed by atoms with E-state index in [1.165, 1.54) is 62.7 Å². The van der Waals surface area contributed by atoms with Crippen LogP contribution in [0.15, 0.2) is 36.5 Å². The van der Waals surface area contributed by atoms with Crippen LogP contribution in [0.3, 0.4) is 0 Å². The molecular weight excluding hydrogens is 316 g/mol. The van der Waals surface area contributed by atoms with Crippen LogP contribution in [0.5, 0.6) is 0 Å². The summed E-state index contributed by atoms with van der Waals surface area (Å²) in [7, 11) is 0. The number of aromatic nitrogens is 1. The highest BCUT2D eigenvalue weighted by Gasteiger charge is 2.35. The van der Waals surface area contributed by atoms with E-state index in [2.05, 4.69) is 22.0 Å². The van der Waals surface area contributed by atoms with Gasteiger partial charge in [0.25, 0.3) is 5.91 Å². The molecule has 24 heavy (non-hydrogen) atoms. The molecule has 4 rings (SSSR count). The van der Waals surface area contributed by atoms with Crippen molar-refractivity contribution in [1.82, 2.24) is 9.88 Å². The number of carbonyl (C=O) groups is 1. The summed E-state index contributed by atoms with van der Waals surface area (Å²) in [5.74, 6) is 0.216. The lowest BCUT2D eigenvalue weighted by atomic mass is 10.1. The lowest BCUT2D eigenvalue weighted by Gasteiger charge is -2.34. The van der Waals surface area contributed by atoms with Gasteiger partial charge in [0.15, 0.2) is 0 Å². The molecule has 1 aromatic heterocycles. The van der Waals surface area contributed by atoms with E-state index in [-0.39, 0.29) is 5.91 Å². The predicted octanol–water partition coefficient (Wildman–Crippen LogP) is 5.14. The van der Waals surface area contributed by atoms with Gasteiger partial charge in [0.1, 0.15) is 9.88 Å². The van der Waals surface area contributed by atoms with Crippen LogP contribution in [0.4, 0.5) is 0 Å². The normalized spacial score (nSPS) is 19.0. The highest BCUT2D eigenvalue weighted by atomic mass is 32.1. The Morgan fingerprint density at radius 3 is 2.12 bits per heavy atom. The molecule has 0 N–H and O–H groups in total. The molecule has 2 saturated carbocycles. The zero-order chi connectivity index (χ0) is 16.4. The maximum absolute atomic E-state index is 13.3. The lowest BCUT2D eigenvalue weighted by molar-refractivity contribution is 0.0585. The van der Waals surface area contributed by atoms with Crippen LogP contribution in [-0.4, -0.2) is 27.9 Å². The standard InChI is InChI=1S/C20H24N2OS/c23-20(18-14-21-19(24-18)15-8-2-1-3-9-15)22(16-10-4-5-11-16)17-12-6-7-13-17/h1-3,8-9,14,16-17H,4-7,10-13H2. The van der Waals surface area contributed by atoms with Crippen LogP contribution in [0.25, 0.3) is 10.6 Å². The fraction of sp³-hybridized carbons (Fsp3) is 0.500. The number of nitrogens with zero attached hydrogens (tertiary/aromatic N) is 2. The van der Waals surface area contributed by atoms with Gasteiger partial charge < -0.3 is 4.90 Å². The quantitative estimate of drug-likeness (QED) is 0.772. The fourth-order valence-electron chi connectivity index (χ4n) is 4.21. The summed E-state index contributed by atoms with van der Waals surface area (Å²) in [6.45, 7) is 0. The third kappa shape index (κ3) is 3.12. The number of rotatable bonds is 4. The molecule has 3 nitrogen and oxygen atoms in total. The van der Waals surface area contributed by atoms with Crippen molar-refractivity contribution >= 4 is 17.2 Å². The molecule has 0 aliphatic heterocycles. The number of thiazole rings is 1. The Hall–Kier alpha value is -1.68. The number of hydrogen-bond donors (Lipinski definition) is 0. The molecule has 2 aliphatic carbocycles. The number of carbonyl (C=O) groups excluding carboxylic acids is 1. The Morgan fingerprint density at radius 2 is 1.54 bits per heavy atom. The minimum absolute atomic E-state index is 0.216. The summed E-state index contributed by atoms with van der Waals surface area (Å²) < 4.78 is 0. The first-order valence-electron chi connectivity index (χ1n) is 9.17. The van der Waals surface area contributed by atoms with Gasteiger partial charge in [0.05, 0.1) is 6.20 Å². The van der Waals surface area contributed by atoms with Crippen LogP contribution >= 0.6 is 11.3 Å². The van der Waals surface area contributed by atoms with E-state index in [1.54, 1.807) is 6.20 Å². The van der Waals surface area contributed by atoms with E-state index >= 15 is 0 Å². The number of hydrogen-bond acceptors (Lipinski definition) is 3. The summed E-state index contributed by atoms with van der Waals surface area (Å²) in [6, 6.07) is 11.0. The second-order valence-electron chi connectivity index (χ2n) is 6.98. The van der Waals surface area contributed by atoms with Gasteiger partial charge in [-0.05, 0) is 25.7 Å². The zero-order valence-electron chi connectivity index (χ0n) is 14.0. The van der Waals surface area contributed by atoms with Gasteiger partial charge in [0, 0.05) is 17.6 Å². The molecule has 1 amide bonds. The molecular formula is C20H24N2OS. The van der Waals surface area contributed by atoms with E-state index in [9.17, 15) is 4.79 Å². The molecule has 1 heterocycles. The molecule has 0 spiro atoms. The Bertz CT molecular complexity index is 669. The Balaban J connectivity index is 1.59. The first kappa shape index (κ1) is 15.8. The highest BCUT2D eigenvalue weighted by molar-refractivity contribution is 7.16. The summed E-state index contributed by atoms with van der Waals surface area (Å²) >= 11 is 1.54. The van der Waals surface area contributed by atoms with Crippen LogP contribution in [0.2, 0.25) is 0 Å². The predicted molar refractivity (Wildman–Crippen MR) is 98.2 cm³/mol. The molecule has 2 aromatic rings. The molecule has 0 atom stereocenters. The van der Waals surface area contributed by atoms with E-state index < -0.39 is 0 Å². The molecule has 2 aliphatic rings. The topological polar surface area (TPSA) is 33.2 Å². The van der Waals surface area contributed by atoms with Gasteiger partial charge in [-0.1, -0.05) is 56.0 Å². The number of benzene rings is 1. The molecule has 2 fully saturated rings. The summed E-state index contributed by atoms with van der Waals surface area (Å²) in [4.78, 5) is 20.8. The van der Waals surface area contributed by atoms with Crippen LogP contribution in [0, 0.1) is 0 Å². The molecule has 0 radical (unpaired) electrons. The van der Waals surface area contributed by atoms with Gasteiger partial charge in [-0.15, -0.1) is 11.3 Å². The maximum Gasteiger partial charge on any atom is 0.266 e. The third-order valence-electron chi connectivity index (χ3n) is 5.41. The van der Waals surface area contributed by atoms with Crippen molar-refractivity contribution in [2.75, 3.05) is 0 Å². The van der Waals surface area contributed by atoms with Crippen molar-refractivity contribution in [2.24, 2.45) is 0 Å². The zero-order valence-corrected chi connectivity index (χ0v) is 14.8. The Morgan fingerprint density at radius 1 is 0.958 bits per heavy atom. The van der Waals surface area contributed by atoms with Crippen LogP contribution < -0.4 is 0 Å². The average Bonchev–Trinajstić information content (AvgIpc) is 3.38. The van der Waals surface area contributed by atoms with Crippen molar-refractivity contribution < 1.29 is 4.79 Å². The van der Waals surface area contributed by atoms with Crippen molar-refractivity contribution in [1.29, 1.82) is 0 Å². The molecule has 0 saturated heterocycles. The largest absolute Gasteiger partial charge is 0.332 e. The Labute approximate surface area is 147 Å². The minimum Gasteiger partial charge on any atom is -0.332 e. The van der Waals surface area contributed by atoms with E-state index in [1.807, 2.05) is 18.2 Å². The first-order valence-corrected chi connectivity index (χ1v) is 9.98. The SMILES string of the molecule is O=C(c1cnc(-c2ccccc2)s1)N(C1CCCC1)C1CCCC1. The van der Waals surface area contributed by atoms with Crippen molar-refractivity contribution in [3.8, 4) is 10.6 Å². The second-order valence-corrected chi connectivity index (χ2v) is 8.02. The molecule has 4 heteroatoms. The van der Waals surface area contributed by atoms with Gasteiger partial charge >= 0.3 is 0 Å². The molecule has 1 aromatic carbocycles. The fourth-order valence-corrected chi connectivity index (χ4v) is 5.07. The maximum atomic E-state index is 13.3. The molecule has 126 valence electrons. The Kier molecular flexibility index (Phi) is 4.65. The lowest BCUT2D eigenvalue weighted by Crippen LogP contribution is -2.44. The second kappa shape index (κ2) is 7.06. The van der Waals surface area contributed by atoms with Gasteiger partial charge in [-0.25, -0.2) is 4.98 Å². The van der Waals surface area contributed by atoms with E-state index in [0.717, 1.165) is 15.4 Å². The first-order chi connectivity index (χ1) is 11.8. The van der Waals surface area contributed by atoms with E-state index in [0.29, 0.717) is 12.1 Å². The minimum atomic E-state index is 0.216. The van der Waals surface area contributed by atoms with Crippen LogP contribution in [0.1, 0.15) is 61.0 Å². The van der Waals surface area contributed by atoms with Crippen molar-refractivity contribution in [3.63, 3.8) is 0 Å². The van der Waals surface area contributed by atoms with Crippen molar-refractivity contribution in [2.45, 2.75) is 63.5 Å². The summed E-state index contributed by atoms with van der Waals surface area (Å²) in [6.07, 6.45) is 11.5. The number of amides is 1. The van der Waals surface area contributed by atoms with E-state index in [4.69, 9.17) is 0 Å². The summed E-state index contributed by atoms with van der Waals surface area (Å²) in [5.41, 5.74) is 1.09. The van der Waals surface area contributed by atoms with Crippen LogP contribution in [-0.2, 0) is 0 Å². The van der Waals surface area contributed by atoms with Gasteiger partial charge in [-0.2, -0.15) is 0 Å². The third-order valence-corrected chi connectivity index (χ3v) is 6.44. The highest BCUT2D eigenvalue weighted by Crippen LogP contribution is 2.34. The summed E-state index contributed by atoms with van der Waals surface area (Å²) in [5, 5.41) is 0.941. The average molecular weight is 340 g/mol. The smallest absolute Gasteiger partial charge is 0.266 e. The van der Waals surface area contributed by atoms with Gasteiger partial charge in [-0.3, -0.25) is 4.79 Å².